The van der Waals surface area contributed by atoms with Gasteiger partial charge in [0.2, 0.25) is 0 Å². The quantitative estimate of drug-likeness (QED) is 0.744. The van der Waals surface area contributed by atoms with Crippen molar-refractivity contribution in [3.05, 3.63) is 0 Å². The number of nitrogens with one attached hydrogen (secondary N) is 1. The summed E-state index contributed by atoms with van der Waals surface area (Å²) in [6, 6.07) is 1.60. The van der Waals surface area contributed by atoms with E-state index in [0.29, 0.717) is 0 Å². The molecule has 1 N–H and O–H groups in total. The maximum absolute atomic E-state index is 5.46. The van der Waals surface area contributed by atoms with Crippen LogP contribution in [0.5, 0.6) is 0 Å². The molecule has 3 rings (SSSR count). The molecule has 2 saturated heterocycles. The largest absolute Gasteiger partial charge is 0.380 e. The first-order chi connectivity index (χ1) is 7.42. The molecule has 0 bridgehead atoms. The molecule has 2 unspecified atom stereocenters. The smallest absolute Gasteiger partial charge is 0.0622 e. The van der Waals surface area contributed by atoms with Gasteiger partial charge in [-0.25, -0.2) is 0 Å². The first-order valence-corrected chi connectivity index (χ1v) is 6.47. The number of hydrogen-bond donors (Lipinski definition) is 1. The molecular formula is C12H22N2O. The molecule has 1 aliphatic carbocycles. The average Bonchev–Trinajstić information content (AvgIpc) is 2.78. The van der Waals surface area contributed by atoms with Gasteiger partial charge in [-0.3, -0.25) is 4.90 Å². The van der Waals surface area contributed by atoms with Crippen LogP contribution in [-0.4, -0.2) is 49.8 Å². The van der Waals surface area contributed by atoms with E-state index in [1.807, 2.05) is 0 Å². The molecule has 3 aliphatic rings. The normalized spacial score (nSPS) is 37.6. The molecule has 1 saturated carbocycles. The topological polar surface area (TPSA) is 24.5 Å². The summed E-state index contributed by atoms with van der Waals surface area (Å²) in [7, 11) is 0. The molecule has 0 spiro atoms. The molecule has 3 heteroatoms. The second-order valence-electron chi connectivity index (χ2n) is 5.35. The predicted octanol–water partition coefficient (Wildman–Crippen LogP) is 0.849. The van der Waals surface area contributed by atoms with Crippen LogP contribution in [0.2, 0.25) is 0 Å². The highest BCUT2D eigenvalue weighted by molar-refractivity contribution is 4.87. The molecule has 3 fully saturated rings. The number of hydrogen-bond acceptors (Lipinski definition) is 3. The molecule has 0 aromatic rings. The van der Waals surface area contributed by atoms with Gasteiger partial charge in [0.05, 0.1) is 6.61 Å². The lowest BCUT2D eigenvalue weighted by Gasteiger charge is -2.22. The predicted molar refractivity (Wildman–Crippen MR) is 59.9 cm³/mol. The molecular weight excluding hydrogens is 188 g/mol. The fourth-order valence-electron chi connectivity index (χ4n) is 2.79. The zero-order valence-corrected chi connectivity index (χ0v) is 9.45. The van der Waals surface area contributed by atoms with Crippen LogP contribution in [0.25, 0.3) is 0 Å². The van der Waals surface area contributed by atoms with Gasteiger partial charge in [0, 0.05) is 25.2 Å². The van der Waals surface area contributed by atoms with Crippen LogP contribution in [0.1, 0.15) is 25.7 Å². The first kappa shape index (κ1) is 10.1. The second kappa shape index (κ2) is 4.40. The molecule has 0 aromatic carbocycles. The maximum Gasteiger partial charge on any atom is 0.0622 e. The third-order valence-electron chi connectivity index (χ3n) is 4.01. The highest BCUT2D eigenvalue weighted by Gasteiger charge is 2.31. The molecule has 15 heavy (non-hydrogen) atoms. The summed E-state index contributed by atoms with van der Waals surface area (Å²) >= 11 is 0. The molecule has 3 nitrogen and oxygen atoms in total. The molecule has 2 aliphatic heterocycles. The van der Waals surface area contributed by atoms with E-state index >= 15 is 0 Å². The Bertz CT molecular complexity index is 212. The highest BCUT2D eigenvalue weighted by Crippen LogP contribution is 2.24. The van der Waals surface area contributed by atoms with E-state index in [0.717, 1.165) is 31.2 Å². The summed E-state index contributed by atoms with van der Waals surface area (Å²) in [5.41, 5.74) is 0. The number of nitrogens with zero attached hydrogens (tertiary/aromatic N) is 1. The van der Waals surface area contributed by atoms with Crippen molar-refractivity contribution in [3.8, 4) is 0 Å². The van der Waals surface area contributed by atoms with E-state index in [4.69, 9.17) is 4.74 Å². The summed E-state index contributed by atoms with van der Waals surface area (Å²) in [6.07, 6.45) is 5.46. The molecule has 2 atom stereocenters. The third-order valence-corrected chi connectivity index (χ3v) is 4.01. The Labute approximate surface area is 92.2 Å². The Balaban J connectivity index is 1.41. The minimum Gasteiger partial charge on any atom is -0.380 e. The zero-order chi connectivity index (χ0) is 10.1. The van der Waals surface area contributed by atoms with E-state index in [-0.39, 0.29) is 0 Å². The van der Waals surface area contributed by atoms with Crippen molar-refractivity contribution in [1.82, 2.24) is 10.2 Å². The molecule has 0 amide bonds. The van der Waals surface area contributed by atoms with Crippen molar-refractivity contribution in [2.75, 3.05) is 32.8 Å². The van der Waals surface area contributed by atoms with E-state index in [9.17, 15) is 0 Å². The SMILES string of the molecule is C1CC(N2CCC(CNC3CC3)C2)CO1. The average molecular weight is 210 g/mol. The number of ether oxygens (including phenoxy) is 1. The third kappa shape index (κ3) is 2.52. The lowest BCUT2D eigenvalue weighted by atomic mass is 10.1. The Morgan fingerprint density at radius 1 is 1.20 bits per heavy atom. The van der Waals surface area contributed by atoms with Crippen LogP contribution >= 0.6 is 0 Å². The van der Waals surface area contributed by atoms with Gasteiger partial charge in [-0.15, -0.1) is 0 Å². The summed E-state index contributed by atoms with van der Waals surface area (Å²) in [6.45, 7) is 5.79. The van der Waals surface area contributed by atoms with E-state index in [1.165, 1.54) is 45.3 Å². The first-order valence-electron chi connectivity index (χ1n) is 6.47. The Morgan fingerprint density at radius 2 is 2.13 bits per heavy atom. The number of likely N-dealkylation sites (tertiary alicyclic amines) is 1. The van der Waals surface area contributed by atoms with Crippen LogP contribution in [0.3, 0.4) is 0 Å². The monoisotopic (exact) mass is 210 g/mol. The highest BCUT2D eigenvalue weighted by atomic mass is 16.5. The Hall–Kier alpha value is -0.120. The number of rotatable bonds is 4. The lowest BCUT2D eigenvalue weighted by Crippen LogP contribution is -2.35. The Morgan fingerprint density at radius 3 is 2.87 bits per heavy atom. The van der Waals surface area contributed by atoms with Crippen LogP contribution in [0.15, 0.2) is 0 Å². The van der Waals surface area contributed by atoms with Crippen LogP contribution in [0, 0.1) is 5.92 Å². The van der Waals surface area contributed by atoms with Crippen molar-refractivity contribution in [2.45, 2.75) is 37.8 Å². The molecule has 86 valence electrons. The fraction of sp³-hybridized carbons (Fsp3) is 1.00. The van der Waals surface area contributed by atoms with Gasteiger partial charge < -0.3 is 10.1 Å². The minimum absolute atomic E-state index is 0.732. The van der Waals surface area contributed by atoms with Crippen molar-refractivity contribution in [3.63, 3.8) is 0 Å². The summed E-state index contributed by atoms with van der Waals surface area (Å²) in [5.74, 6) is 0.895. The van der Waals surface area contributed by atoms with Crippen LogP contribution in [-0.2, 0) is 4.74 Å². The fourth-order valence-corrected chi connectivity index (χ4v) is 2.79. The van der Waals surface area contributed by atoms with E-state index in [1.54, 1.807) is 0 Å². The molecule has 0 aromatic heterocycles. The van der Waals surface area contributed by atoms with E-state index < -0.39 is 0 Å². The van der Waals surface area contributed by atoms with E-state index in [2.05, 4.69) is 10.2 Å². The summed E-state index contributed by atoms with van der Waals surface area (Å²) in [4.78, 5) is 2.65. The zero-order valence-electron chi connectivity index (χ0n) is 9.45. The van der Waals surface area contributed by atoms with Crippen LogP contribution < -0.4 is 5.32 Å². The van der Waals surface area contributed by atoms with Gasteiger partial charge in [0.15, 0.2) is 0 Å². The standard InChI is InChI=1S/C12H22N2O/c1-2-11(1)13-7-10-3-5-14(8-10)12-4-6-15-9-12/h10-13H,1-9H2. The minimum atomic E-state index is 0.732. The lowest BCUT2D eigenvalue weighted by molar-refractivity contribution is 0.156. The molecule has 0 radical (unpaired) electrons. The van der Waals surface area contributed by atoms with Gasteiger partial charge >= 0.3 is 0 Å². The van der Waals surface area contributed by atoms with Crippen LogP contribution in [0.4, 0.5) is 0 Å². The summed E-state index contributed by atoms with van der Waals surface area (Å²) < 4.78 is 5.46. The van der Waals surface area contributed by atoms with Gasteiger partial charge in [-0.1, -0.05) is 0 Å². The van der Waals surface area contributed by atoms with Gasteiger partial charge in [-0.2, -0.15) is 0 Å². The molecule has 2 heterocycles. The maximum atomic E-state index is 5.46. The second-order valence-corrected chi connectivity index (χ2v) is 5.35. The Kier molecular flexibility index (Phi) is 2.95. The van der Waals surface area contributed by atoms with Gasteiger partial charge in [-0.05, 0) is 44.7 Å². The van der Waals surface area contributed by atoms with Crippen molar-refractivity contribution in [1.29, 1.82) is 0 Å². The van der Waals surface area contributed by atoms with Crippen molar-refractivity contribution >= 4 is 0 Å². The van der Waals surface area contributed by atoms with Gasteiger partial charge in [0.1, 0.15) is 0 Å². The summed E-state index contributed by atoms with van der Waals surface area (Å²) in [5, 5.41) is 3.65. The van der Waals surface area contributed by atoms with Gasteiger partial charge in [0.25, 0.3) is 0 Å². The van der Waals surface area contributed by atoms with Crippen molar-refractivity contribution < 1.29 is 4.74 Å². The van der Waals surface area contributed by atoms with Crippen molar-refractivity contribution in [2.24, 2.45) is 5.92 Å².